The van der Waals surface area contributed by atoms with Crippen LogP contribution in [0.1, 0.15) is 5.56 Å². The van der Waals surface area contributed by atoms with Crippen LogP contribution >= 0.6 is 11.3 Å². The maximum atomic E-state index is 10.0. The highest BCUT2D eigenvalue weighted by molar-refractivity contribution is 7.17. The summed E-state index contributed by atoms with van der Waals surface area (Å²) in [5.41, 5.74) is 4.07. The smallest absolute Gasteiger partial charge is 0.143 e. The first-order chi connectivity index (χ1) is 11.7. The van der Waals surface area contributed by atoms with Crippen LogP contribution in [0.3, 0.4) is 0 Å². The molecule has 0 spiro atoms. The third kappa shape index (κ3) is 2.59. The Morgan fingerprint density at radius 2 is 1.79 bits per heavy atom. The molecule has 0 bridgehead atoms. The second-order valence-electron chi connectivity index (χ2n) is 5.56. The first kappa shape index (κ1) is 14.7. The number of anilines is 2. The summed E-state index contributed by atoms with van der Waals surface area (Å²) in [5, 5.41) is 16.3. The number of para-hydroxylation sites is 2. The summed E-state index contributed by atoms with van der Waals surface area (Å²) < 4.78 is 0. The number of fused-ring (bicyclic) bond motifs is 1. The Labute approximate surface area is 143 Å². The fourth-order valence-corrected chi connectivity index (χ4v) is 3.54. The van der Waals surface area contributed by atoms with E-state index in [1.165, 1.54) is 5.56 Å². The first-order valence-electron chi connectivity index (χ1n) is 7.56. The molecular weight excluding hydrogens is 318 g/mol. The summed E-state index contributed by atoms with van der Waals surface area (Å²) in [6, 6.07) is 15.5. The molecule has 0 saturated carbocycles. The Hall–Kier alpha value is -2.92. The molecule has 5 heteroatoms. The maximum absolute atomic E-state index is 10.0. The average Bonchev–Trinajstić information content (AvgIpc) is 3.03. The fraction of sp³-hybridized carbons (Fsp3) is 0.0526. The van der Waals surface area contributed by atoms with Gasteiger partial charge < -0.3 is 10.4 Å². The Morgan fingerprint density at radius 3 is 2.58 bits per heavy atom. The second-order valence-corrected chi connectivity index (χ2v) is 6.42. The SMILES string of the molecule is Cc1ccc(-c2csc3ncnc(Nc4ccccc4O)c23)cc1. The zero-order valence-electron chi connectivity index (χ0n) is 13.0. The van der Waals surface area contributed by atoms with Crippen molar-refractivity contribution in [2.24, 2.45) is 0 Å². The number of aromatic nitrogens is 2. The van der Waals surface area contributed by atoms with Gasteiger partial charge in [-0.1, -0.05) is 42.0 Å². The van der Waals surface area contributed by atoms with Crippen LogP contribution < -0.4 is 5.32 Å². The van der Waals surface area contributed by atoms with Gasteiger partial charge in [0.25, 0.3) is 0 Å². The highest BCUT2D eigenvalue weighted by Crippen LogP contribution is 2.38. The zero-order valence-corrected chi connectivity index (χ0v) is 13.8. The molecular formula is C19H15N3OS. The Balaban J connectivity index is 1.86. The molecule has 24 heavy (non-hydrogen) atoms. The van der Waals surface area contributed by atoms with Crippen molar-refractivity contribution in [2.75, 3.05) is 5.32 Å². The summed E-state index contributed by atoms with van der Waals surface area (Å²) >= 11 is 1.59. The molecule has 0 fully saturated rings. The number of thiophene rings is 1. The van der Waals surface area contributed by atoms with Crippen molar-refractivity contribution < 1.29 is 5.11 Å². The third-order valence-electron chi connectivity index (χ3n) is 3.89. The molecule has 0 atom stereocenters. The molecule has 2 aromatic heterocycles. The molecule has 4 nitrogen and oxygen atoms in total. The number of benzene rings is 2. The fourth-order valence-electron chi connectivity index (χ4n) is 2.62. The Kier molecular flexibility index (Phi) is 3.63. The molecule has 0 aliphatic heterocycles. The van der Waals surface area contributed by atoms with Crippen molar-refractivity contribution >= 4 is 33.1 Å². The van der Waals surface area contributed by atoms with E-state index < -0.39 is 0 Å². The van der Waals surface area contributed by atoms with Crippen molar-refractivity contribution in [3.05, 3.63) is 65.8 Å². The van der Waals surface area contributed by atoms with Gasteiger partial charge in [0, 0.05) is 10.9 Å². The van der Waals surface area contributed by atoms with Gasteiger partial charge in [-0.15, -0.1) is 11.3 Å². The van der Waals surface area contributed by atoms with Crippen molar-refractivity contribution in [1.29, 1.82) is 0 Å². The number of hydrogen-bond acceptors (Lipinski definition) is 5. The topological polar surface area (TPSA) is 58.0 Å². The van der Waals surface area contributed by atoms with Crippen LogP contribution in [0.4, 0.5) is 11.5 Å². The highest BCUT2D eigenvalue weighted by atomic mass is 32.1. The lowest BCUT2D eigenvalue weighted by atomic mass is 10.0. The molecule has 4 rings (SSSR count). The van der Waals surface area contributed by atoms with Gasteiger partial charge in [-0.05, 0) is 24.6 Å². The van der Waals surface area contributed by atoms with E-state index in [1.807, 2.05) is 12.1 Å². The number of nitrogens with zero attached hydrogens (tertiary/aromatic N) is 2. The number of hydrogen-bond donors (Lipinski definition) is 2. The van der Waals surface area contributed by atoms with Crippen LogP contribution in [0.2, 0.25) is 0 Å². The van der Waals surface area contributed by atoms with E-state index in [-0.39, 0.29) is 5.75 Å². The minimum atomic E-state index is 0.191. The largest absolute Gasteiger partial charge is 0.506 e. The van der Waals surface area contributed by atoms with Crippen molar-refractivity contribution in [2.45, 2.75) is 6.92 Å². The lowest BCUT2D eigenvalue weighted by Gasteiger charge is -2.09. The molecule has 0 aliphatic rings. The van der Waals surface area contributed by atoms with E-state index in [4.69, 9.17) is 0 Å². The van der Waals surface area contributed by atoms with Gasteiger partial charge in [-0.2, -0.15) is 0 Å². The van der Waals surface area contributed by atoms with E-state index in [9.17, 15) is 5.11 Å². The lowest BCUT2D eigenvalue weighted by molar-refractivity contribution is 0.478. The average molecular weight is 333 g/mol. The molecule has 0 radical (unpaired) electrons. The summed E-state index contributed by atoms with van der Waals surface area (Å²) in [7, 11) is 0. The molecule has 2 aromatic carbocycles. The monoisotopic (exact) mass is 333 g/mol. The number of nitrogens with one attached hydrogen (secondary N) is 1. The van der Waals surface area contributed by atoms with Gasteiger partial charge >= 0.3 is 0 Å². The number of phenols is 1. The minimum absolute atomic E-state index is 0.191. The van der Waals surface area contributed by atoms with Gasteiger partial charge in [0.15, 0.2) is 0 Å². The molecule has 0 unspecified atom stereocenters. The normalized spacial score (nSPS) is 10.9. The van der Waals surface area contributed by atoms with Gasteiger partial charge in [0.2, 0.25) is 0 Å². The summed E-state index contributed by atoms with van der Waals surface area (Å²) in [4.78, 5) is 9.68. The van der Waals surface area contributed by atoms with E-state index in [1.54, 1.807) is 29.8 Å². The van der Waals surface area contributed by atoms with Crippen LogP contribution in [0.5, 0.6) is 5.75 Å². The number of aromatic hydroxyl groups is 1. The number of rotatable bonds is 3. The van der Waals surface area contributed by atoms with Crippen LogP contribution in [-0.4, -0.2) is 15.1 Å². The van der Waals surface area contributed by atoms with Crippen molar-refractivity contribution in [3.63, 3.8) is 0 Å². The quantitative estimate of drug-likeness (QED) is 0.511. The van der Waals surface area contributed by atoms with E-state index >= 15 is 0 Å². The van der Waals surface area contributed by atoms with Gasteiger partial charge in [-0.25, -0.2) is 9.97 Å². The van der Waals surface area contributed by atoms with E-state index in [0.29, 0.717) is 11.5 Å². The van der Waals surface area contributed by atoms with E-state index in [2.05, 4.69) is 51.9 Å². The molecule has 118 valence electrons. The van der Waals surface area contributed by atoms with Crippen LogP contribution in [0, 0.1) is 6.92 Å². The summed E-state index contributed by atoms with van der Waals surface area (Å²) in [6.45, 7) is 2.07. The van der Waals surface area contributed by atoms with E-state index in [0.717, 1.165) is 21.3 Å². The standard InChI is InChI=1S/C19H15N3OS/c1-12-6-8-13(9-7-12)14-10-24-19-17(14)18(20-11-21-19)22-15-4-2-3-5-16(15)23/h2-11,23H,1H3,(H,20,21,22). The lowest BCUT2D eigenvalue weighted by Crippen LogP contribution is -1.95. The molecule has 4 aromatic rings. The van der Waals surface area contributed by atoms with Crippen LogP contribution in [-0.2, 0) is 0 Å². The zero-order chi connectivity index (χ0) is 16.5. The van der Waals surface area contributed by atoms with Crippen molar-refractivity contribution in [3.8, 4) is 16.9 Å². The Bertz CT molecular complexity index is 1010. The maximum Gasteiger partial charge on any atom is 0.143 e. The van der Waals surface area contributed by atoms with Gasteiger partial charge in [0.1, 0.15) is 22.7 Å². The Morgan fingerprint density at radius 1 is 1.00 bits per heavy atom. The predicted octanol–water partition coefficient (Wildman–Crippen LogP) is 5.12. The summed E-state index contributed by atoms with van der Waals surface area (Å²) in [6.07, 6.45) is 1.54. The molecule has 0 amide bonds. The third-order valence-corrected chi connectivity index (χ3v) is 4.78. The second kappa shape index (κ2) is 5.94. The molecule has 2 N–H and O–H groups in total. The number of phenolic OH excluding ortho intramolecular Hbond substituents is 1. The van der Waals surface area contributed by atoms with Crippen LogP contribution in [0.15, 0.2) is 60.2 Å². The van der Waals surface area contributed by atoms with Gasteiger partial charge in [-0.3, -0.25) is 0 Å². The molecule has 0 saturated heterocycles. The predicted molar refractivity (Wildman–Crippen MR) is 99.0 cm³/mol. The molecule has 0 aliphatic carbocycles. The highest BCUT2D eigenvalue weighted by Gasteiger charge is 2.14. The van der Waals surface area contributed by atoms with Crippen LogP contribution in [0.25, 0.3) is 21.3 Å². The minimum Gasteiger partial charge on any atom is -0.506 e. The van der Waals surface area contributed by atoms with Gasteiger partial charge in [0.05, 0.1) is 11.1 Å². The first-order valence-corrected chi connectivity index (χ1v) is 8.44. The van der Waals surface area contributed by atoms with Crippen molar-refractivity contribution in [1.82, 2.24) is 9.97 Å². The number of aryl methyl sites for hydroxylation is 1. The summed E-state index contributed by atoms with van der Waals surface area (Å²) in [5.74, 6) is 0.884. The molecule has 2 heterocycles.